The third kappa shape index (κ3) is 5.10. The summed E-state index contributed by atoms with van der Waals surface area (Å²) in [7, 11) is 3.35. The Morgan fingerprint density at radius 1 is 1.28 bits per heavy atom. The summed E-state index contributed by atoms with van der Waals surface area (Å²) in [6.07, 6.45) is 1.63. The van der Waals surface area contributed by atoms with Gasteiger partial charge in [-0.25, -0.2) is 0 Å². The molecular weight excluding hydrogens is 326 g/mol. The van der Waals surface area contributed by atoms with Crippen molar-refractivity contribution in [3.05, 3.63) is 46.1 Å². The average molecular weight is 347 g/mol. The van der Waals surface area contributed by atoms with Gasteiger partial charge in [0.05, 0.1) is 17.1 Å². The van der Waals surface area contributed by atoms with Gasteiger partial charge in [0, 0.05) is 57.7 Å². The number of aryl methyl sites for hydroxylation is 1. The zero-order valence-electron chi connectivity index (χ0n) is 14.2. The lowest BCUT2D eigenvalue weighted by Gasteiger charge is -2.07. The second-order valence-corrected chi connectivity index (χ2v) is 5.37. The van der Waals surface area contributed by atoms with Crippen LogP contribution in [0.4, 0.5) is 5.69 Å². The SMILES string of the molecule is COCCNCCNC(=O)c1cn(C)nc1-c1ccc([N+](=O)[O-])cc1. The van der Waals surface area contributed by atoms with Crippen LogP contribution in [0.1, 0.15) is 10.4 Å². The number of nitro groups is 1. The van der Waals surface area contributed by atoms with Crippen molar-refractivity contribution in [1.29, 1.82) is 0 Å². The molecule has 134 valence electrons. The number of amides is 1. The Balaban J connectivity index is 2.04. The first kappa shape index (κ1) is 18.6. The molecule has 1 aromatic heterocycles. The van der Waals surface area contributed by atoms with Crippen LogP contribution in [-0.4, -0.2) is 54.0 Å². The van der Waals surface area contributed by atoms with Crippen LogP contribution in [0.25, 0.3) is 11.3 Å². The van der Waals surface area contributed by atoms with Crippen molar-refractivity contribution < 1.29 is 14.5 Å². The Bertz CT molecular complexity index is 727. The Kier molecular flexibility index (Phi) is 6.61. The number of nitro benzene ring substituents is 1. The van der Waals surface area contributed by atoms with Crippen LogP contribution in [0.3, 0.4) is 0 Å². The monoisotopic (exact) mass is 347 g/mol. The molecule has 0 saturated carbocycles. The highest BCUT2D eigenvalue weighted by Crippen LogP contribution is 2.24. The number of benzene rings is 1. The van der Waals surface area contributed by atoms with Crippen molar-refractivity contribution >= 4 is 11.6 Å². The van der Waals surface area contributed by atoms with Gasteiger partial charge in [-0.05, 0) is 12.1 Å². The predicted molar refractivity (Wildman–Crippen MR) is 92.4 cm³/mol. The minimum atomic E-state index is -0.466. The summed E-state index contributed by atoms with van der Waals surface area (Å²) in [5.41, 5.74) is 1.55. The van der Waals surface area contributed by atoms with Gasteiger partial charge in [0.2, 0.25) is 0 Å². The molecule has 2 N–H and O–H groups in total. The smallest absolute Gasteiger partial charge is 0.269 e. The standard InChI is InChI=1S/C16H21N5O4/c1-20-11-14(16(22)18-8-7-17-9-10-25-2)15(19-20)12-3-5-13(6-4-12)21(23)24/h3-6,11,17H,7-10H2,1-2H3,(H,18,22). The number of hydrogen-bond acceptors (Lipinski definition) is 6. The molecular formula is C16H21N5O4. The van der Waals surface area contributed by atoms with Gasteiger partial charge < -0.3 is 15.4 Å². The Morgan fingerprint density at radius 2 is 2.00 bits per heavy atom. The minimum absolute atomic E-state index is 0.00665. The second kappa shape index (κ2) is 8.90. The van der Waals surface area contributed by atoms with E-state index in [1.54, 1.807) is 37.2 Å². The van der Waals surface area contributed by atoms with E-state index in [4.69, 9.17) is 4.74 Å². The molecule has 9 heteroatoms. The minimum Gasteiger partial charge on any atom is -0.383 e. The molecule has 9 nitrogen and oxygen atoms in total. The van der Waals surface area contributed by atoms with E-state index in [-0.39, 0.29) is 11.6 Å². The summed E-state index contributed by atoms with van der Waals surface area (Å²) in [4.78, 5) is 22.7. The molecule has 1 amide bonds. The van der Waals surface area contributed by atoms with Gasteiger partial charge in [-0.1, -0.05) is 0 Å². The molecule has 0 atom stereocenters. The predicted octanol–water partition coefficient (Wildman–Crippen LogP) is 0.961. The van der Waals surface area contributed by atoms with E-state index in [2.05, 4.69) is 15.7 Å². The fourth-order valence-corrected chi connectivity index (χ4v) is 2.27. The third-order valence-electron chi connectivity index (χ3n) is 3.50. The van der Waals surface area contributed by atoms with E-state index < -0.39 is 4.92 Å². The summed E-state index contributed by atoms with van der Waals surface area (Å²) < 4.78 is 6.47. The first-order chi connectivity index (χ1) is 12.0. The fourth-order valence-electron chi connectivity index (χ4n) is 2.27. The van der Waals surface area contributed by atoms with E-state index in [0.29, 0.717) is 43.1 Å². The summed E-state index contributed by atoms with van der Waals surface area (Å²) in [6, 6.07) is 5.96. The molecule has 25 heavy (non-hydrogen) atoms. The second-order valence-electron chi connectivity index (χ2n) is 5.37. The maximum atomic E-state index is 12.4. The molecule has 0 unspecified atom stereocenters. The van der Waals surface area contributed by atoms with Gasteiger partial charge >= 0.3 is 0 Å². The quantitative estimate of drug-likeness (QED) is 0.397. The highest BCUT2D eigenvalue weighted by molar-refractivity contribution is 5.99. The molecule has 2 aromatic rings. The summed E-state index contributed by atoms with van der Waals surface area (Å²) >= 11 is 0. The summed E-state index contributed by atoms with van der Waals surface area (Å²) in [6.45, 7) is 2.42. The molecule has 0 fully saturated rings. The first-order valence-corrected chi connectivity index (χ1v) is 7.79. The van der Waals surface area contributed by atoms with Gasteiger partial charge in [0.1, 0.15) is 5.69 Å². The van der Waals surface area contributed by atoms with E-state index in [0.717, 1.165) is 0 Å². The zero-order chi connectivity index (χ0) is 18.2. The lowest BCUT2D eigenvalue weighted by Crippen LogP contribution is -2.33. The van der Waals surface area contributed by atoms with Gasteiger partial charge in [0.15, 0.2) is 0 Å². The van der Waals surface area contributed by atoms with Gasteiger partial charge in [0.25, 0.3) is 11.6 Å². The number of carbonyl (C=O) groups excluding carboxylic acids is 1. The van der Waals surface area contributed by atoms with Crippen molar-refractivity contribution in [2.45, 2.75) is 0 Å². The molecule has 0 bridgehead atoms. The zero-order valence-corrected chi connectivity index (χ0v) is 14.2. The van der Waals surface area contributed by atoms with E-state index >= 15 is 0 Å². The van der Waals surface area contributed by atoms with Crippen molar-refractivity contribution in [3.8, 4) is 11.3 Å². The number of carbonyl (C=O) groups is 1. The number of ether oxygens (including phenoxy) is 1. The number of methoxy groups -OCH3 is 1. The topological polar surface area (TPSA) is 111 Å². The average Bonchev–Trinajstić information content (AvgIpc) is 3.00. The number of hydrogen-bond donors (Lipinski definition) is 2. The van der Waals surface area contributed by atoms with Crippen LogP contribution >= 0.6 is 0 Å². The van der Waals surface area contributed by atoms with Crippen molar-refractivity contribution in [2.75, 3.05) is 33.4 Å². The molecule has 1 heterocycles. The van der Waals surface area contributed by atoms with Crippen LogP contribution in [0.5, 0.6) is 0 Å². The summed E-state index contributed by atoms with van der Waals surface area (Å²) in [5.74, 6) is -0.241. The Morgan fingerprint density at radius 3 is 2.64 bits per heavy atom. The van der Waals surface area contributed by atoms with Crippen LogP contribution in [0.15, 0.2) is 30.5 Å². The Hall–Kier alpha value is -2.78. The van der Waals surface area contributed by atoms with Crippen LogP contribution < -0.4 is 10.6 Å². The maximum absolute atomic E-state index is 12.4. The number of nitrogens with zero attached hydrogens (tertiary/aromatic N) is 3. The van der Waals surface area contributed by atoms with E-state index in [9.17, 15) is 14.9 Å². The highest BCUT2D eigenvalue weighted by atomic mass is 16.6. The number of aromatic nitrogens is 2. The molecule has 0 spiro atoms. The lowest BCUT2D eigenvalue weighted by molar-refractivity contribution is -0.384. The van der Waals surface area contributed by atoms with Crippen LogP contribution in [0, 0.1) is 10.1 Å². The van der Waals surface area contributed by atoms with E-state index in [1.807, 2.05) is 0 Å². The first-order valence-electron chi connectivity index (χ1n) is 7.79. The van der Waals surface area contributed by atoms with E-state index in [1.165, 1.54) is 12.1 Å². The molecule has 0 aliphatic rings. The van der Waals surface area contributed by atoms with Crippen LogP contribution in [0.2, 0.25) is 0 Å². The fraction of sp³-hybridized carbons (Fsp3) is 0.375. The molecule has 0 radical (unpaired) electrons. The Labute approximate surface area is 145 Å². The van der Waals surface area contributed by atoms with Crippen molar-refractivity contribution in [1.82, 2.24) is 20.4 Å². The molecule has 0 saturated heterocycles. The third-order valence-corrected chi connectivity index (χ3v) is 3.50. The molecule has 0 aliphatic carbocycles. The molecule has 1 aromatic carbocycles. The van der Waals surface area contributed by atoms with Gasteiger partial charge in [-0.15, -0.1) is 0 Å². The van der Waals surface area contributed by atoms with Crippen molar-refractivity contribution in [2.24, 2.45) is 7.05 Å². The number of nitrogens with one attached hydrogen (secondary N) is 2. The van der Waals surface area contributed by atoms with Crippen LogP contribution in [-0.2, 0) is 11.8 Å². The maximum Gasteiger partial charge on any atom is 0.269 e. The van der Waals surface area contributed by atoms with Crippen molar-refractivity contribution in [3.63, 3.8) is 0 Å². The van der Waals surface area contributed by atoms with Gasteiger partial charge in [-0.3, -0.25) is 19.6 Å². The number of rotatable bonds is 9. The molecule has 2 rings (SSSR count). The largest absolute Gasteiger partial charge is 0.383 e. The number of non-ortho nitro benzene ring substituents is 1. The summed E-state index contributed by atoms with van der Waals surface area (Å²) in [5, 5.41) is 21.0. The lowest BCUT2D eigenvalue weighted by atomic mass is 10.1. The highest BCUT2D eigenvalue weighted by Gasteiger charge is 2.17. The van der Waals surface area contributed by atoms with Gasteiger partial charge in [-0.2, -0.15) is 5.10 Å². The normalized spacial score (nSPS) is 10.6. The molecule has 0 aliphatic heterocycles.